The van der Waals surface area contributed by atoms with Crippen molar-refractivity contribution in [3.05, 3.63) is 0 Å². The molecule has 9 heavy (non-hydrogen) atoms. The van der Waals surface area contributed by atoms with Crippen molar-refractivity contribution in [2.24, 2.45) is 0 Å². The van der Waals surface area contributed by atoms with Crippen LogP contribution < -0.4 is 0 Å². The maximum absolute atomic E-state index is 12.1. The van der Waals surface area contributed by atoms with Crippen molar-refractivity contribution >= 4 is 0 Å². The highest BCUT2D eigenvalue weighted by atomic mass is 19.3. The first-order valence-electron chi connectivity index (χ1n) is 2.97. The van der Waals surface area contributed by atoms with Gasteiger partial charge in [-0.1, -0.05) is 6.92 Å². The molecule has 0 saturated heterocycles. The van der Waals surface area contributed by atoms with Gasteiger partial charge < -0.3 is 0 Å². The topological polar surface area (TPSA) is 0 Å². The lowest BCUT2D eigenvalue weighted by atomic mass is 10.1. The number of hydrogen-bond donors (Lipinski definition) is 0. The second-order valence-electron chi connectivity index (χ2n) is 2.28. The zero-order valence-corrected chi connectivity index (χ0v) is 5.63. The predicted octanol–water partition coefficient (Wildman–Crippen LogP) is 2.78. The van der Waals surface area contributed by atoms with Gasteiger partial charge in [0.15, 0.2) is 0 Å². The van der Waals surface area contributed by atoms with E-state index >= 15 is 0 Å². The van der Waals surface area contributed by atoms with E-state index in [1.54, 1.807) is 6.92 Å². The zero-order chi connectivity index (χ0) is 7.49. The average Bonchev–Trinajstić information content (AvgIpc) is 1.62. The van der Waals surface area contributed by atoms with Crippen LogP contribution in [0.1, 0.15) is 26.7 Å². The Balaban J connectivity index is 3.47. The van der Waals surface area contributed by atoms with Gasteiger partial charge in [-0.2, -0.15) is 0 Å². The van der Waals surface area contributed by atoms with Gasteiger partial charge in [0.1, 0.15) is 6.17 Å². The fourth-order valence-electron chi connectivity index (χ4n) is 0.533. The van der Waals surface area contributed by atoms with E-state index in [2.05, 4.69) is 0 Å². The molecule has 3 heteroatoms. The third kappa shape index (κ3) is 5.66. The van der Waals surface area contributed by atoms with E-state index < -0.39 is 18.5 Å². The lowest BCUT2D eigenvalue weighted by molar-refractivity contribution is -0.00992. The van der Waals surface area contributed by atoms with Crippen molar-refractivity contribution in [1.29, 1.82) is 0 Å². The second-order valence-corrected chi connectivity index (χ2v) is 2.28. The smallest absolute Gasteiger partial charge is 0.247 e. The Morgan fingerprint density at radius 2 is 1.89 bits per heavy atom. The summed E-state index contributed by atoms with van der Waals surface area (Å²) in [4.78, 5) is 0. The van der Waals surface area contributed by atoms with Crippen LogP contribution in [0.3, 0.4) is 0 Å². The average molecular weight is 140 g/mol. The summed E-state index contributed by atoms with van der Waals surface area (Å²) >= 11 is 0. The fraction of sp³-hybridized carbons (Fsp3) is 1.00. The summed E-state index contributed by atoms with van der Waals surface area (Å²) in [5.74, 6) is -2.85. The Hall–Kier alpha value is -0.210. The van der Waals surface area contributed by atoms with E-state index in [1.165, 1.54) is 0 Å². The molecule has 0 nitrogen and oxygen atoms in total. The molecule has 0 aromatic rings. The van der Waals surface area contributed by atoms with E-state index in [0.29, 0.717) is 0 Å². The standard InChI is InChI=1S/C6H11F3/c1-3-5(7)4-6(2,8)9/h5H,3-4H2,1-2H3. The first kappa shape index (κ1) is 8.79. The largest absolute Gasteiger partial charge is 0.248 e. The fourth-order valence-corrected chi connectivity index (χ4v) is 0.533. The van der Waals surface area contributed by atoms with Gasteiger partial charge in [-0.05, 0) is 13.3 Å². The van der Waals surface area contributed by atoms with Gasteiger partial charge in [0.2, 0.25) is 5.92 Å². The Morgan fingerprint density at radius 3 is 2.00 bits per heavy atom. The Kier molecular flexibility index (Phi) is 3.01. The normalized spacial score (nSPS) is 15.7. The van der Waals surface area contributed by atoms with Gasteiger partial charge in [-0.25, -0.2) is 13.2 Å². The predicted molar refractivity (Wildman–Crippen MR) is 30.4 cm³/mol. The van der Waals surface area contributed by atoms with Crippen molar-refractivity contribution in [3.63, 3.8) is 0 Å². The van der Waals surface area contributed by atoms with E-state index in [-0.39, 0.29) is 6.42 Å². The van der Waals surface area contributed by atoms with Crippen LogP contribution in [-0.4, -0.2) is 12.1 Å². The summed E-state index contributed by atoms with van der Waals surface area (Å²) < 4.78 is 36.0. The number of hydrogen-bond acceptors (Lipinski definition) is 0. The lowest BCUT2D eigenvalue weighted by Gasteiger charge is -2.11. The molecule has 0 aliphatic rings. The van der Waals surface area contributed by atoms with E-state index in [9.17, 15) is 13.2 Å². The first-order chi connectivity index (χ1) is 3.95. The third-order valence-corrected chi connectivity index (χ3v) is 1.02. The van der Waals surface area contributed by atoms with Crippen LogP contribution in [0.4, 0.5) is 13.2 Å². The van der Waals surface area contributed by atoms with Crippen molar-refractivity contribution in [1.82, 2.24) is 0 Å². The summed E-state index contributed by atoms with van der Waals surface area (Å²) in [7, 11) is 0. The molecule has 0 spiro atoms. The summed E-state index contributed by atoms with van der Waals surface area (Å²) in [6, 6.07) is 0. The first-order valence-corrected chi connectivity index (χ1v) is 2.97. The maximum Gasteiger partial charge on any atom is 0.248 e. The molecule has 0 aromatic carbocycles. The summed E-state index contributed by atoms with van der Waals surface area (Å²) in [6.07, 6.45) is -1.84. The van der Waals surface area contributed by atoms with E-state index in [0.717, 1.165) is 6.92 Å². The molecule has 0 radical (unpaired) electrons. The molecule has 0 saturated carbocycles. The van der Waals surface area contributed by atoms with Gasteiger partial charge in [0, 0.05) is 6.42 Å². The summed E-state index contributed by atoms with van der Waals surface area (Å²) in [5.41, 5.74) is 0. The molecule has 0 amide bonds. The van der Waals surface area contributed by atoms with Crippen LogP contribution >= 0.6 is 0 Å². The van der Waals surface area contributed by atoms with Crippen molar-refractivity contribution in [3.8, 4) is 0 Å². The highest BCUT2D eigenvalue weighted by Crippen LogP contribution is 2.21. The van der Waals surface area contributed by atoms with Gasteiger partial charge in [-0.3, -0.25) is 0 Å². The monoisotopic (exact) mass is 140 g/mol. The van der Waals surface area contributed by atoms with Gasteiger partial charge in [0.05, 0.1) is 0 Å². The molecule has 0 aliphatic carbocycles. The zero-order valence-electron chi connectivity index (χ0n) is 5.63. The number of halogens is 3. The number of rotatable bonds is 3. The van der Waals surface area contributed by atoms with Crippen LogP contribution in [0.25, 0.3) is 0 Å². The minimum atomic E-state index is -2.85. The van der Waals surface area contributed by atoms with Crippen LogP contribution in [0, 0.1) is 0 Å². The molecule has 1 unspecified atom stereocenters. The Morgan fingerprint density at radius 1 is 1.44 bits per heavy atom. The van der Waals surface area contributed by atoms with E-state index in [4.69, 9.17) is 0 Å². The summed E-state index contributed by atoms with van der Waals surface area (Å²) in [6.45, 7) is 2.28. The third-order valence-electron chi connectivity index (χ3n) is 1.02. The molecule has 1 atom stereocenters. The highest BCUT2D eigenvalue weighted by molar-refractivity contribution is 4.64. The molecule has 0 N–H and O–H groups in total. The van der Waals surface area contributed by atoms with Gasteiger partial charge in [0.25, 0.3) is 0 Å². The van der Waals surface area contributed by atoms with Crippen LogP contribution in [0.2, 0.25) is 0 Å². The molecule has 0 bridgehead atoms. The van der Waals surface area contributed by atoms with Crippen molar-refractivity contribution in [2.75, 3.05) is 0 Å². The molecule has 0 aromatic heterocycles. The van der Waals surface area contributed by atoms with Crippen LogP contribution in [-0.2, 0) is 0 Å². The minimum Gasteiger partial charge on any atom is -0.247 e. The van der Waals surface area contributed by atoms with Crippen molar-refractivity contribution < 1.29 is 13.2 Å². The molecular weight excluding hydrogens is 129 g/mol. The number of alkyl halides is 3. The van der Waals surface area contributed by atoms with Gasteiger partial charge in [-0.15, -0.1) is 0 Å². The van der Waals surface area contributed by atoms with Crippen molar-refractivity contribution in [2.45, 2.75) is 38.8 Å². The molecule has 0 aliphatic heterocycles. The Bertz CT molecular complexity index is 74.9. The summed E-state index contributed by atoms with van der Waals surface area (Å²) in [5, 5.41) is 0. The lowest BCUT2D eigenvalue weighted by Crippen LogP contribution is -2.16. The second kappa shape index (κ2) is 3.08. The highest BCUT2D eigenvalue weighted by Gasteiger charge is 2.25. The van der Waals surface area contributed by atoms with Crippen LogP contribution in [0.15, 0.2) is 0 Å². The quantitative estimate of drug-likeness (QED) is 0.565. The Labute approximate surface area is 53.1 Å². The van der Waals surface area contributed by atoms with E-state index in [1.807, 2.05) is 0 Å². The minimum absolute atomic E-state index is 0.170. The maximum atomic E-state index is 12.1. The molecule has 0 heterocycles. The molecule has 0 fully saturated rings. The molecule has 56 valence electrons. The molecule has 0 rings (SSSR count). The van der Waals surface area contributed by atoms with Gasteiger partial charge >= 0.3 is 0 Å². The SMILES string of the molecule is CCC(F)CC(C)(F)F. The van der Waals surface area contributed by atoms with Crippen LogP contribution in [0.5, 0.6) is 0 Å². The molecular formula is C6H11F3.